The second kappa shape index (κ2) is 3.74. The normalized spacial score (nSPS) is 28.3. The van der Waals surface area contributed by atoms with E-state index >= 15 is 0 Å². The van der Waals surface area contributed by atoms with E-state index in [2.05, 4.69) is 0 Å². The van der Waals surface area contributed by atoms with E-state index < -0.39 is 17.3 Å². The van der Waals surface area contributed by atoms with Crippen molar-refractivity contribution in [2.24, 2.45) is 5.92 Å². The van der Waals surface area contributed by atoms with Crippen LogP contribution < -0.4 is 0 Å². The molecule has 0 amide bonds. The quantitative estimate of drug-likeness (QED) is 0.821. The minimum Gasteiger partial charge on any atom is -0.385 e. The van der Waals surface area contributed by atoms with Crippen LogP contribution in [-0.2, 0) is 11.8 Å². The summed E-state index contributed by atoms with van der Waals surface area (Å²) >= 11 is 0. The van der Waals surface area contributed by atoms with Crippen LogP contribution in [0.5, 0.6) is 0 Å². The van der Waals surface area contributed by atoms with Crippen molar-refractivity contribution in [3.05, 3.63) is 35.4 Å². The summed E-state index contributed by atoms with van der Waals surface area (Å²) in [5.74, 6) is -0.206. The molecule has 1 saturated carbocycles. The van der Waals surface area contributed by atoms with Crippen LogP contribution in [0, 0.1) is 17.2 Å². The van der Waals surface area contributed by atoms with Gasteiger partial charge in [-0.2, -0.15) is 18.4 Å². The predicted octanol–water partition coefficient (Wildman–Crippen LogP) is 2.83. The van der Waals surface area contributed by atoms with E-state index in [9.17, 15) is 18.3 Å². The fraction of sp³-hybridized carbons (Fsp3) is 0.417. The van der Waals surface area contributed by atoms with Crippen LogP contribution in [0.4, 0.5) is 13.2 Å². The summed E-state index contributed by atoms with van der Waals surface area (Å²) in [6.45, 7) is 0. The number of nitrogens with zero attached hydrogens (tertiary/aromatic N) is 1. The van der Waals surface area contributed by atoms with E-state index in [0.29, 0.717) is 5.56 Å². The first-order valence-corrected chi connectivity index (χ1v) is 5.15. The molecule has 1 aliphatic carbocycles. The topological polar surface area (TPSA) is 44.0 Å². The number of halogens is 3. The van der Waals surface area contributed by atoms with Gasteiger partial charge in [0.1, 0.15) is 0 Å². The summed E-state index contributed by atoms with van der Waals surface area (Å²) in [7, 11) is 0. The molecule has 0 atom stereocenters. The van der Waals surface area contributed by atoms with Crippen LogP contribution >= 0.6 is 0 Å². The van der Waals surface area contributed by atoms with E-state index in [1.165, 1.54) is 12.1 Å². The number of nitriles is 1. The lowest BCUT2D eigenvalue weighted by Gasteiger charge is -2.40. The Kier molecular flexibility index (Phi) is 2.63. The second-order valence-corrected chi connectivity index (χ2v) is 4.34. The molecule has 5 heteroatoms. The zero-order chi connectivity index (χ0) is 12.7. The van der Waals surface area contributed by atoms with E-state index in [4.69, 9.17) is 5.26 Å². The number of hydrogen-bond acceptors (Lipinski definition) is 2. The molecule has 0 spiro atoms. The lowest BCUT2D eigenvalue weighted by Crippen LogP contribution is -2.40. The summed E-state index contributed by atoms with van der Waals surface area (Å²) in [5, 5.41) is 18.7. The summed E-state index contributed by atoms with van der Waals surface area (Å²) in [6.07, 6.45) is -3.79. The minimum atomic E-state index is -4.37. The third-order valence-electron chi connectivity index (χ3n) is 3.10. The molecule has 0 radical (unpaired) electrons. The maximum atomic E-state index is 12.3. The summed E-state index contributed by atoms with van der Waals surface area (Å²) < 4.78 is 37.0. The fourth-order valence-corrected chi connectivity index (χ4v) is 2.05. The molecule has 1 aromatic carbocycles. The third-order valence-corrected chi connectivity index (χ3v) is 3.10. The number of alkyl halides is 3. The Morgan fingerprint density at radius 2 is 1.76 bits per heavy atom. The van der Waals surface area contributed by atoms with Crippen molar-refractivity contribution < 1.29 is 18.3 Å². The average Bonchev–Trinajstić information content (AvgIpc) is 2.23. The molecule has 0 aromatic heterocycles. The molecule has 0 saturated heterocycles. The monoisotopic (exact) mass is 241 g/mol. The van der Waals surface area contributed by atoms with Crippen LogP contribution in [0.3, 0.4) is 0 Å². The fourth-order valence-electron chi connectivity index (χ4n) is 2.05. The SMILES string of the molecule is N#C[C@H]1C[C@](O)(c2ccc(C(F)(F)F)cc2)C1. The Morgan fingerprint density at radius 1 is 1.24 bits per heavy atom. The van der Waals surface area contributed by atoms with Gasteiger partial charge in [0.2, 0.25) is 0 Å². The molecule has 0 unspecified atom stereocenters. The maximum absolute atomic E-state index is 12.3. The zero-order valence-corrected chi connectivity index (χ0v) is 8.83. The highest BCUT2D eigenvalue weighted by atomic mass is 19.4. The van der Waals surface area contributed by atoms with Crippen LogP contribution in [0.15, 0.2) is 24.3 Å². The molecule has 0 bridgehead atoms. The van der Waals surface area contributed by atoms with Crippen LogP contribution in [0.25, 0.3) is 0 Å². The molecule has 90 valence electrons. The van der Waals surface area contributed by atoms with Crippen molar-refractivity contribution in [2.75, 3.05) is 0 Å². The molecular formula is C12H10F3NO. The van der Waals surface area contributed by atoms with E-state index in [1.807, 2.05) is 6.07 Å². The smallest absolute Gasteiger partial charge is 0.385 e. The van der Waals surface area contributed by atoms with Crippen molar-refractivity contribution in [3.8, 4) is 6.07 Å². The Balaban J connectivity index is 2.18. The molecule has 0 heterocycles. The molecule has 1 fully saturated rings. The van der Waals surface area contributed by atoms with Crippen LogP contribution in [0.1, 0.15) is 24.0 Å². The minimum absolute atomic E-state index is 0.206. The van der Waals surface area contributed by atoms with Gasteiger partial charge >= 0.3 is 6.18 Å². The van der Waals surface area contributed by atoms with Gasteiger partial charge in [-0.25, -0.2) is 0 Å². The van der Waals surface area contributed by atoms with E-state index in [-0.39, 0.29) is 18.8 Å². The Bertz CT molecular complexity index is 452. The van der Waals surface area contributed by atoms with Crippen molar-refractivity contribution >= 4 is 0 Å². The van der Waals surface area contributed by atoms with Crippen molar-refractivity contribution in [2.45, 2.75) is 24.6 Å². The first-order chi connectivity index (χ1) is 7.85. The van der Waals surface area contributed by atoms with Gasteiger partial charge in [-0.05, 0) is 30.5 Å². The molecule has 17 heavy (non-hydrogen) atoms. The first-order valence-electron chi connectivity index (χ1n) is 5.15. The van der Waals surface area contributed by atoms with Gasteiger partial charge in [0.05, 0.1) is 23.2 Å². The number of rotatable bonds is 1. The van der Waals surface area contributed by atoms with Gasteiger partial charge in [0, 0.05) is 0 Å². The second-order valence-electron chi connectivity index (χ2n) is 4.34. The van der Waals surface area contributed by atoms with Gasteiger partial charge in [-0.1, -0.05) is 12.1 Å². The number of benzene rings is 1. The van der Waals surface area contributed by atoms with Crippen molar-refractivity contribution in [3.63, 3.8) is 0 Å². The lowest BCUT2D eigenvalue weighted by molar-refractivity contribution is -0.137. The van der Waals surface area contributed by atoms with Gasteiger partial charge in [-0.3, -0.25) is 0 Å². The van der Waals surface area contributed by atoms with Crippen molar-refractivity contribution in [1.82, 2.24) is 0 Å². The first kappa shape index (κ1) is 11.9. The highest BCUT2D eigenvalue weighted by molar-refractivity contribution is 5.31. The molecule has 1 aromatic rings. The Labute approximate surface area is 96.3 Å². The average molecular weight is 241 g/mol. The highest BCUT2D eigenvalue weighted by Crippen LogP contribution is 2.45. The molecule has 1 N–H and O–H groups in total. The van der Waals surface area contributed by atoms with Gasteiger partial charge in [0.15, 0.2) is 0 Å². The standard InChI is InChI=1S/C12H10F3NO/c13-12(14,15)10-3-1-9(2-4-10)11(17)5-8(6-11)7-16/h1-4,8,17H,5-6H2/t8-,11+. The van der Waals surface area contributed by atoms with Crippen LogP contribution in [-0.4, -0.2) is 5.11 Å². The predicted molar refractivity (Wildman–Crippen MR) is 53.7 cm³/mol. The van der Waals surface area contributed by atoms with Gasteiger partial charge in [0.25, 0.3) is 0 Å². The molecule has 2 nitrogen and oxygen atoms in total. The van der Waals surface area contributed by atoms with Crippen LogP contribution in [0.2, 0.25) is 0 Å². The summed E-state index contributed by atoms with van der Waals surface area (Å²) in [4.78, 5) is 0. The molecule has 2 rings (SSSR count). The van der Waals surface area contributed by atoms with Gasteiger partial charge < -0.3 is 5.11 Å². The Morgan fingerprint density at radius 3 is 2.18 bits per heavy atom. The number of aliphatic hydroxyl groups is 1. The third kappa shape index (κ3) is 2.13. The largest absolute Gasteiger partial charge is 0.416 e. The zero-order valence-electron chi connectivity index (χ0n) is 8.83. The lowest BCUT2D eigenvalue weighted by atomic mass is 9.68. The number of hydrogen-bond donors (Lipinski definition) is 1. The highest BCUT2D eigenvalue weighted by Gasteiger charge is 2.44. The van der Waals surface area contributed by atoms with Crippen molar-refractivity contribution in [1.29, 1.82) is 5.26 Å². The molecular weight excluding hydrogens is 231 g/mol. The van der Waals surface area contributed by atoms with Gasteiger partial charge in [-0.15, -0.1) is 0 Å². The maximum Gasteiger partial charge on any atom is 0.416 e. The Hall–Kier alpha value is -1.54. The summed E-state index contributed by atoms with van der Waals surface area (Å²) in [5.41, 5.74) is -1.43. The van der Waals surface area contributed by atoms with E-state index in [0.717, 1.165) is 12.1 Å². The molecule has 1 aliphatic rings. The van der Waals surface area contributed by atoms with E-state index in [1.54, 1.807) is 0 Å². The summed E-state index contributed by atoms with van der Waals surface area (Å²) in [6, 6.07) is 6.47. The molecule has 0 aliphatic heterocycles.